The fraction of sp³-hybridized carbons (Fsp3) is 0.600. The van der Waals surface area contributed by atoms with Crippen LogP contribution in [0.1, 0.15) is 44.4 Å². The number of rotatable bonds is 7. The fourth-order valence-corrected chi connectivity index (χ4v) is 2.83. The summed E-state index contributed by atoms with van der Waals surface area (Å²) in [6.45, 7) is 8.49. The Morgan fingerprint density at radius 1 is 1.33 bits per heavy atom. The van der Waals surface area contributed by atoms with E-state index in [0.29, 0.717) is 11.8 Å². The summed E-state index contributed by atoms with van der Waals surface area (Å²) in [5.41, 5.74) is 2.08. The van der Waals surface area contributed by atoms with E-state index in [2.05, 4.69) is 26.1 Å². The van der Waals surface area contributed by atoms with E-state index in [0.717, 1.165) is 17.5 Å². The van der Waals surface area contributed by atoms with Gasteiger partial charge in [-0.05, 0) is 50.3 Å². The number of phenolic OH excluding ortho intramolecular Hbond substituents is 1. The number of thioether (sulfide) groups is 1. The van der Waals surface area contributed by atoms with Gasteiger partial charge in [-0.3, -0.25) is 0 Å². The minimum absolute atomic E-state index is 0.187. The largest absolute Gasteiger partial charge is 0.508 e. The molecule has 0 aliphatic heterocycles. The zero-order valence-electron chi connectivity index (χ0n) is 11.9. The molecule has 0 heterocycles. The summed E-state index contributed by atoms with van der Waals surface area (Å²) < 4.78 is 0. The lowest BCUT2D eigenvalue weighted by molar-refractivity contribution is 0.431. The van der Waals surface area contributed by atoms with Gasteiger partial charge in [0.05, 0.1) is 0 Å². The van der Waals surface area contributed by atoms with Crippen LogP contribution in [0.2, 0.25) is 0 Å². The minimum Gasteiger partial charge on any atom is -0.508 e. The van der Waals surface area contributed by atoms with E-state index in [-0.39, 0.29) is 6.04 Å². The quantitative estimate of drug-likeness (QED) is 0.735. The summed E-state index contributed by atoms with van der Waals surface area (Å²) in [4.78, 5) is 0. The average molecular weight is 267 g/mol. The number of hydrogen-bond donors (Lipinski definition) is 2. The normalized spacial score (nSPS) is 14.4. The second kappa shape index (κ2) is 7.70. The van der Waals surface area contributed by atoms with Crippen LogP contribution in [0.25, 0.3) is 0 Å². The molecule has 1 aromatic carbocycles. The molecule has 0 aliphatic carbocycles. The van der Waals surface area contributed by atoms with Crippen LogP contribution in [0.3, 0.4) is 0 Å². The zero-order chi connectivity index (χ0) is 13.5. The van der Waals surface area contributed by atoms with E-state index in [1.54, 1.807) is 0 Å². The molecule has 0 fully saturated rings. The molecule has 2 unspecified atom stereocenters. The highest BCUT2D eigenvalue weighted by Gasteiger charge is 2.12. The van der Waals surface area contributed by atoms with Crippen molar-refractivity contribution in [3.63, 3.8) is 0 Å². The Hall–Kier alpha value is -0.670. The molecule has 18 heavy (non-hydrogen) atoms. The summed E-state index contributed by atoms with van der Waals surface area (Å²) in [6, 6.07) is 6.54. The molecular formula is C15H25NOS. The number of phenols is 1. The molecule has 0 saturated carbocycles. The molecule has 0 aromatic heterocycles. The van der Waals surface area contributed by atoms with Gasteiger partial charge >= 0.3 is 0 Å². The van der Waals surface area contributed by atoms with Crippen molar-refractivity contribution in [3.8, 4) is 5.75 Å². The second-order valence-corrected chi connectivity index (χ2v) is 6.23. The summed E-state index contributed by atoms with van der Waals surface area (Å²) in [5.74, 6) is 2.77. The van der Waals surface area contributed by atoms with Crippen molar-refractivity contribution in [1.82, 2.24) is 5.32 Å². The third-order valence-electron chi connectivity index (χ3n) is 3.09. The van der Waals surface area contributed by atoms with Gasteiger partial charge in [0.2, 0.25) is 0 Å². The molecule has 2 atom stereocenters. The standard InChI is InChI=1S/C15H25NOS/c1-5-18-9-8-12(3)16-13(4)14-7-6-11(2)10-15(14)17/h6-7,10,12-13,16-17H,5,8-9H2,1-4H3. The van der Waals surface area contributed by atoms with Gasteiger partial charge in [0, 0.05) is 17.6 Å². The van der Waals surface area contributed by atoms with Crippen molar-refractivity contribution in [2.45, 2.75) is 46.2 Å². The first kappa shape index (κ1) is 15.4. The molecular weight excluding hydrogens is 242 g/mol. The summed E-state index contributed by atoms with van der Waals surface area (Å²) in [5, 5.41) is 13.5. The Kier molecular flexibility index (Phi) is 6.58. The van der Waals surface area contributed by atoms with Gasteiger partial charge in [0.1, 0.15) is 5.75 Å². The van der Waals surface area contributed by atoms with E-state index in [1.807, 2.05) is 36.9 Å². The third-order valence-corrected chi connectivity index (χ3v) is 4.02. The van der Waals surface area contributed by atoms with E-state index < -0.39 is 0 Å². The average Bonchev–Trinajstić information content (AvgIpc) is 2.28. The van der Waals surface area contributed by atoms with Crippen molar-refractivity contribution in [1.29, 1.82) is 0 Å². The van der Waals surface area contributed by atoms with Crippen LogP contribution in [0.4, 0.5) is 0 Å². The van der Waals surface area contributed by atoms with Gasteiger partial charge in [-0.2, -0.15) is 11.8 Å². The zero-order valence-corrected chi connectivity index (χ0v) is 12.7. The number of benzene rings is 1. The Morgan fingerprint density at radius 3 is 2.67 bits per heavy atom. The predicted molar refractivity (Wildman–Crippen MR) is 81.5 cm³/mol. The monoisotopic (exact) mass is 267 g/mol. The third kappa shape index (κ3) is 4.91. The van der Waals surface area contributed by atoms with Gasteiger partial charge in [0.15, 0.2) is 0 Å². The molecule has 2 N–H and O–H groups in total. The number of aryl methyl sites for hydroxylation is 1. The molecule has 2 nitrogen and oxygen atoms in total. The van der Waals surface area contributed by atoms with Gasteiger partial charge < -0.3 is 10.4 Å². The Balaban J connectivity index is 2.51. The summed E-state index contributed by atoms with van der Waals surface area (Å²) in [7, 11) is 0. The van der Waals surface area contributed by atoms with Crippen molar-refractivity contribution in [3.05, 3.63) is 29.3 Å². The van der Waals surface area contributed by atoms with Gasteiger partial charge in [0.25, 0.3) is 0 Å². The molecule has 0 amide bonds. The van der Waals surface area contributed by atoms with E-state index in [1.165, 1.54) is 11.5 Å². The SMILES string of the molecule is CCSCCC(C)NC(C)c1ccc(C)cc1O. The van der Waals surface area contributed by atoms with Gasteiger partial charge in [-0.1, -0.05) is 19.1 Å². The maximum absolute atomic E-state index is 9.94. The van der Waals surface area contributed by atoms with Gasteiger partial charge in [-0.25, -0.2) is 0 Å². The van der Waals surface area contributed by atoms with E-state index in [9.17, 15) is 5.11 Å². The van der Waals surface area contributed by atoms with Crippen LogP contribution in [-0.2, 0) is 0 Å². The van der Waals surface area contributed by atoms with E-state index in [4.69, 9.17) is 0 Å². The topological polar surface area (TPSA) is 32.3 Å². The molecule has 0 spiro atoms. The van der Waals surface area contributed by atoms with E-state index >= 15 is 0 Å². The molecule has 0 saturated heterocycles. The van der Waals surface area contributed by atoms with Gasteiger partial charge in [-0.15, -0.1) is 0 Å². The molecule has 102 valence electrons. The van der Waals surface area contributed by atoms with Crippen LogP contribution in [0.15, 0.2) is 18.2 Å². The second-order valence-electron chi connectivity index (χ2n) is 4.84. The van der Waals surface area contributed by atoms with Crippen molar-refractivity contribution < 1.29 is 5.11 Å². The van der Waals surface area contributed by atoms with Crippen LogP contribution in [-0.4, -0.2) is 22.7 Å². The number of aromatic hydroxyl groups is 1. The summed E-state index contributed by atoms with van der Waals surface area (Å²) >= 11 is 1.98. The fourth-order valence-electron chi connectivity index (χ4n) is 2.02. The maximum Gasteiger partial charge on any atom is 0.120 e. The maximum atomic E-state index is 9.94. The van der Waals surface area contributed by atoms with Crippen LogP contribution < -0.4 is 5.32 Å². The first-order valence-corrected chi connectivity index (χ1v) is 7.83. The lowest BCUT2D eigenvalue weighted by Gasteiger charge is -2.21. The predicted octanol–water partition coefficient (Wildman–Crippen LogP) is 3.88. The smallest absolute Gasteiger partial charge is 0.120 e. The van der Waals surface area contributed by atoms with Crippen molar-refractivity contribution >= 4 is 11.8 Å². The molecule has 3 heteroatoms. The van der Waals surface area contributed by atoms with Crippen LogP contribution in [0, 0.1) is 6.92 Å². The van der Waals surface area contributed by atoms with Crippen LogP contribution in [0.5, 0.6) is 5.75 Å². The molecule has 1 aromatic rings. The Bertz CT molecular complexity index is 368. The lowest BCUT2D eigenvalue weighted by Crippen LogP contribution is -2.29. The Morgan fingerprint density at radius 2 is 2.06 bits per heavy atom. The van der Waals surface area contributed by atoms with Crippen molar-refractivity contribution in [2.75, 3.05) is 11.5 Å². The minimum atomic E-state index is 0.187. The summed E-state index contributed by atoms with van der Waals surface area (Å²) in [6.07, 6.45) is 1.16. The number of nitrogens with one attached hydrogen (secondary N) is 1. The highest BCUT2D eigenvalue weighted by molar-refractivity contribution is 7.99. The highest BCUT2D eigenvalue weighted by Crippen LogP contribution is 2.25. The first-order valence-electron chi connectivity index (χ1n) is 6.68. The first-order chi connectivity index (χ1) is 8.54. The molecule has 0 radical (unpaired) electrons. The molecule has 0 aliphatic rings. The highest BCUT2D eigenvalue weighted by atomic mass is 32.2. The molecule has 1 rings (SSSR count). The number of hydrogen-bond acceptors (Lipinski definition) is 3. The van der Waals surface area contributed by atoms with Crippen LogP contribution >= 0.6 is 11.8 Å². The lowest BCUT2D eigenvalue weighted by atomic mass is 10.0. The van der Waals surface area contributed by atoms with Crippen molar-refractivity contribution in [2.24, 2.45) is 0 Å². The Labute approximate surface area is 115 Å². The molecule has 0 bridgehead atoms.